The highest BCUT2D eigenvalue weighted by Crippen LogP contribution is 2.37. The highest BCUT2D eigenvalue weighted by molar-refractivity contribution is 5.75. The van der Waals surface area contributed by atoms with Gasteiger partial charge in [-0.25, -0.2) is 0 Å². The van der Waals surface area contributed by atoms with Crippen LogP contribution in [0.15, 0.2) is 18.2 Å². The Morgan fingerprint density at radius 2 is 1.90 bits per heavy atom. The molecular formula is C13H13F3N2O2. The molecule has 1 aromatic heterocycles. The van der Waals surface area contributed by atoms with E-state index in [1.165, 1.54) is 25.3 Å². The van der Waals surface area contributed by atoms with E-state index in [-0.39, 0.29) is 5.75 Å². The van der Waals surface area contributed by atoms with Crippen molar-refractivity contribution in [2.75, 3.05) is 7.11 Å². The van der Waals surface area contributed by atoms with Gasteiger partial charge in [0.2, 0.25) is 0 Å². The zero-order valence-electron chi connectivity index (χ0n) is 11.1. The predicted octanol–water partition coefficient (Wildman–Crippen LogP) is 3.60. The van der Waals surface area contributed by atoms with Crippen molar-refractivity contribution in [1.82, 2.24) is 10.2 Å². The Morgan fingerprint density at radius 1 is 1.20 bits per heavy atom. The lowest BCUT2D eigenvalue weighted by Crippen LogP contribution is -2.17. The fourth-order valence-electron chi connectivity index (χ4n) is 2.02. The standard InChI is InChI=1S/C13H13F3N2O2/c1-7-12(8(2)18-17-7)10-5-4-9(6-11(10)19-3)20-13(14,15)16/h4-6H,1-3H3,(H,17,18). The van der Waals surface area contributed by atoms with E-state index in [1.807, 2.05) is 6.92 Å². The number of rotatable bonds is 3. The van der Waals surface area contributed by atoms with Crippen LogP contribution in [0.25, 0.3) is 11.1 Å². The largest absolute Gasteiger partial charge is 0.573 e. The number of nitrogens with one attached hydrogen (secondary N) is 1. The number of H-pyrrole nitrogens is 1. The smallest absolute Gasteiger partial charge is 0.496 e. The van der Waals surface area contributed by atoms with Gasteiger partial charge in [-0.2, -0.15) is 5.10 Å². The van der Waals surface area contributed by atoms with Crippen LogP contribution in [0.2, 0.25) is 0 Å². The van der Waals surface area contributed by atoms with Gasteiger partial charge in [-0.1, -0.05) is 0 Å². The number of alkyl halides is 3. The Hall–Kier alpha value is -2.18. The van der Waals surface area contributed by atoms with Crippen molar-refractivity contribution >= 4 is 0 Å². The number of nitrogens with zero attached hydrogens (tertiary/aromatic N) is 1. The molecular weight excluding hydrogens is 273 g/mol. The minimum atomic E-state index is -4.73. The Morgan fingerprint density at radius 3 is 2.40 bits per heavy atom. The molecule has 0 saturated heterocycles. The Kier molecular flexibility index (Phi) is 3.61. The van der Waals surface area contributed by atoms with E-state index in [0.29, 0.717) is 11.3 Å². The highest BCUT2D eigenvalue weighted by atomic mass is 19.4. The maximum Gasteiger partial charge on any atom is 0.573 e. The van der Waals surface area contributed by atoms with Crippen LogP contribution in [-0.2, 0) is 0 Å². The lowest BCUT2D eigenvalue weighted by atomic mass is 10.0. The van der Waals surface area contributed by atoms with E-state index >= 15 is 0 Å². The molecule has 0 unspecified atom stereocenters. The van der Waals surface area contributed by atoms with Crippen LogP contribution in [0, 0.1) is 13.8 Å². The molecule has 0 amide bonds. The average molecular weight is 286 g/mol. The van der Waals surface area contributed by atoms with E-state index < -0.39 is 6.36 Å². The van der Waals surface area contributed by atoms with Crippen molar-refractivity contribution < 1.29 is 22.6 Å². The van der Waals surface area contributed by atoms with Crippen molar-refractivity contribution in [3.05, 3.63) is 29.6 Å². The van der Waals surface area contributed by atoms with Crippen molar-refractivity contribution in [1.29, 1.82) is 0 Å². The number of aromatic nitrogens is 2. The zero-order valence-corrected chi connectivity index (χ0v) is 11.1. The molecule has 2 aromatic rings. The van der Waals surface area contributed by atoms with Gasteiger partial charge in [-0.05, 0) is 26.0 Å². The molecule has 0 fully saturated rings. The monoisotopic (exact) mass is 286 g/mol. The van der Waals surface area contributed by atoms with Gasteiger partial charge < -0.3 is 9.47 Å². The second-order valence-corrected chi connectivity index (χ2v) is 4.22. The lowest BCUT2D eigenvalue weighted by Gasteiger charge is -2.13. The minimum Gasteiger partial charge on any atom is -0.496 e. The number of aromatic amines is 1. The Balaban J connectivity index is 2.46. The van der Waals surface area contributed by atoms with Crippen molar-refractivity contribution in [3.8, 4) is 22.6 Å². The van der Waals surface area contributed by atoms with Crippen LogP contribution in [0.5, 0.6) is 11.5 Å². The predicted molar refractivity (Wildman–Crippen MR) is 66.7 cm³/mol. The molecule has 108 valence electrons. The van der Waals surface area contributed by atoms with E-state index in [4.69, 9.17) is 4.74 Å². The summed E-state index contributed by atoms with van der Waals surface area (Å²) in [7, 11) is 1.39. The molecule has 7 heteroatoms. The summed E-state index contributed by atoms with van der Waals surface area (Å²) in [6.45, 7) is 3.63. The van der Waals surface area contributed by atoms with Crippen LogP contribution in [0.1, 0.15) is 11.4 Å². The van der Waals surface area contributed by atoms with E-state index in [1.54, 1.807) is 6.92 Å². The molecule has 2 rings (SSSR count). The molecule has 0 bridgehead atoms. The number of ether oxygens (including phenoxy) is 2. The SMILES string of the molecule is COc1cc(OC(F)(F)F)ccc1-c1c(C)n[nH]c1C. The summed E-state index contributed by atoms with van der Waals surface area (Å²) in [5.41, 5.74) is 3.02. The summed E-state index contributed by atoms with van der Waals surface area (Å²) in [6.07, 6.45) is -4.73. The van der Waals surface area contributed by atoms with E-state index in [2.05, 4.69) is 14.9 Å². The van der Waals surface area contributed by atoms with Crippen molar-refractivity contribution in [2.45, 2.75) is 20.2 Å². The number of halogens is 3. The molecule has 0 saturated carbocycles. The van der Waals surface area contributed by atoms with Crippen molar-refractivity contribution in [3.63, 3.8) is 0 Å². The number of hydrogen-bond donors (Lipinski definition) is 1. The molecule has 0 aliphatic carbocycles. The summed E-state index contributed by atoms with van der Waals surface area (Å²) >= 11 is 0. The Labute approximate surface area is 113 Å². The first-order chi connectivity index (χ1) is 9.31. The first-order valence-corrected chi connectivity index (χ1v) is 5.77. The van der Waals surface area contributed by atoms with Crippen LogP contribution in [-0.4, -0.2) is 23.7 Å². The Bertz CT molecular complexity index is 601. The van der Waals surface area contributed by atoms with Gasteiger partial charge >= 0.3 is 6.36 Å². The summed E-state index contributed by atoms with van der Waals surface area (Å²) in [5.74, 6) is -0.0312. The number of methoxy groups -OCH3 is 1. The summed E-state index contributed by atoms with van der Waals surface area (Å²) in [6, 6.07) is 3.97. The fraction of sp³-hybridized carbons (Fsp3) is 0.308. The first kappa shape index (κ1) is 14.2. The molecule has 20 heavy (non-hydrogen) atoms. The number of hydrogen-bond acceptors (Lipinski definition) is 3. The van der Waals surface area contributed by atoms with E-state index in [0.717, 1.165) is 17.0 Å². The molecule has 1 aromatic carbocycles. The molecule has 0 radical (unpaired) electrons. The van der Waals surface area contributed by atoms with Gasteiger partial charge in [-0.3, -0.25) is 5.10 Å². The molecule has 0 aliphatic rings. The molecule has 0 atom stereocenters. The summed E-state index contributed by atoms with van der Waals surface area (Å²) < 4.78 is 45.6. The summed E-state index contributed by atoms with van der Waals surface area (Å²) in [4.78, 5) is 0. The lowest BCUT2D eigenvalue weighted by molar-refractivity contribution is -0.274. The maximum atomic E-state index is 12.2. The van der Waals surface area contributed by atoms with Crippen molar-refractivity contribution in [2.24, 2.45) is 0 Å². The average Bonchev–Trinajstić information content (AvgIpc) is 2.67. The second-order valence-electron chi connectivity index (χ2n) is 4.22. The highest BCUT2D eigenvalue weighted by Gasteiger charge is 2.31. The van der Waals surface area contributed by atoms with Gasteiger partial charge in [-0.15, -0.1) is 13.2 Å². The molecule has 0 aliphatic heterocycles. The quantitative estimate of drug-likeness (QED) is 0.937. The third-order valence-corrected chi connectivity index (χ3v) is 2.80. The maximum absolute atomic E-state index is 12.2. The van der Waals surface area contributed by atoms with Gasteiger partial charge in [0, 0.05) is 22.9 Å². The van der Waals surface area contributed by atoms with Gasteiger partial charge in [0.15, 0.2) is 0 Å². The zero-order chi connectivity index (χ0) is 14.9. The fourth-order valence-corrected chi connectivity index (χ4v) is 2.02. The number of aryl methyl sites for hydroxylation is 2. The van der Waals surface area contributed by atoms with Gasteiger partial charge in [0.05, 0.1) is 12.8 Å². The summed E-state index contributed by atoms with van der Waals surface area (Å²) in [5, 5.41) is 6.88. The molecule has 4 nitrogen and oxygen atoms in total. The van der Waals surface area contributed by atoms with E-state index in [9.17, 15) is 13.2 Å². The van der Waals surface area contributed by atoms with Crippen LogP contribution >= 0.6 is 0 Å². The van der Waals surface area contributed by atoms with Crippen LogP contribution in [0.3, 0.4) is 0 Å². The first-order valence-electron chi connectivity index (χ1n) is 5.77. The minimum absolute atomic E-state index is 0.291. The normalized spacial score (nSPS) is 11.5. The molecule has 0 spiro atoms. The van der Waals surface area contributed by atoms with Crippen LogP contribution in [0.4, 0.5) is 13.2 Å². The van der Waals surface area contributed by atoms with Crippen LogP contribution < -0.4 is 9.47 Å². The second kappa shape index (κ2) is 5.07. The van der Waals surface area contributed by atoms with Gasteiger partial charge in [0.1, 0.15) is 11.5 Å². The number of benzene rings is 1. The topological polar surface area (TPSA) is 47.1 Å². The third kappa shape index (κ3) is 2.87. The molecule has 1 N–H and O–H groups in total. The third-order valence-electron chi connectivity index (χ3n) is 2.80. The molecule has 1 heterocycles. The van der Waals surface area contributed by atoms with Gasteiger partial charge in [0.25, 0.3) is 0 Å².